The third-order valence-electron chi connectivity index (χ3n) is 6.10. The minimum atomic E-state index is -3.75. The van der Waals surface area contributed by atoms with Crippen LogP contribution < -0.4 is 10.6 Å². The minimum absolute atomic E-state index is 0.150. The fourth-order valence-corrected chi connectivity index (χ4v) is 5.65. The highest BCUT2D eigenvalue weighted by atomic mass is 35.5. The Hall–Kier alpha value is -4.20. The van der Waals surface area contributed by atoms with E-state index in [1.807, 2.05) is 0 Å². The molecular formula is C26H26ClN5O7S. The number of sulfonamides is 1. The third kappa shape index (κ3) is 6.68. The first kappa shape index (κ1) is 28.8. The number of ether oxygens (including phenoxy) is 2. The number of fused-ring (bicyclic) bond motifs is 1. The van der Waals surface area contributed by atoms with Crippen molar-refractivity contribution >= 4 is 62.1 Å². The molecule has 14 heteroatoms. The normalized spacial score (nSPS) is 13.8. The summed E-state index contributed by atoms with van der Waals surface area (Å²) < 4.78 is 36.9. The van der Waals surface area contributed by atoms with Crippen LogP contribution >= 0.6 is 11.6 Å². The Morgan fingerprint density at radius 2 is 1.40 bits per heavy atom. The van der Waals surface area contributed by atoms with Crippen molar-refractivity contribution in [2.45, 2.75) is 4.90 Å². The molecule has 3 amide bonds. The number of guanidine groups is 1. The predicted octanol–water partition coefficient (Wildman–Crippen LogP) is 3.34. The van der Waals surface area contributed by atoms with Crippen molar-refractivity contribution in [2.75, 3.05) is 40.4 Å². The van der Waals surface area contributed by atoms with Crippen molar-refractivity contribution in [1.29, 1.82) is 0 Å². The van der Waals surface area contributed by atoms with Gasteiger partial charge in [0.15, 0.2) is 0 Å². The van der Waals surface area contributed by atoms with Crippen molar-refractivity contribution in [1.82, 2.24) is 19.8 Å². The lowest BCUT2D eigenvalue weighted by molar-refractivity contribution is 0.0698. The highest BCUT2D eigenvalue weighted by molar-refractivity contribution is 7.89. The van der Waals surface area contributed by atoms with E-state index >= 15 is 0 Å². The fourth-order valence-electron chi connectivity index (χ4n) is 4.01. The molecule has 210 valence electrons. The van der Waals surface area contributed by atoms with Crippen molar-refractivity contribution in [3.05, 3.63) is 71.2 Å². The van der Waals surface area contributed by atoms with Crippen LogP contribution in [-0.4, -0.2) is 82.1 Å². The van der Waals surface area contributed by atoms with Crippen LogP contribution in [-0.2, 0) is 19.5 Å². The minimum Gasteiger partial charge on any atom is -0.453 e. The summed E-state index contributed by atoms with van der Waals surface area (Å²) in [5.41, 5.74) is 0.694. The number of carbonyl (C=O) groups is 3. The van der Waals surface area contributed by atoms with Gasteiger partial charge in [-0.25, -0.2) is 23.0 Å². The molecule has 40 heavy (non-hydrogen) atoms. The van der Waals surface area contributed by atoms with Gasteiger partial charge in [-0.1, -0.05) is 23.7 Å². The number of carbonyl (C=O) groups excluding carboxylic acids is 3. The lowest BCUT2D eigenvalue weighted by atomic mass is 10.1. The first-order valence-corrected chi connectivity index (χ1v) is 13.8. The summed E-state index contributed by atoms with van der Waals surface area (Å²) in [7, 11) is -1.44. The number of aliphatic imine (C=N–C) groups is 1. The molecule has 4 rings (SSSR count). The van der Waals surface area contributed by atoms with Crippen LogP contribution in [0.15, 0.2) is 70.6 Å². The average molecular weight is 588 g/mol. The van der Waals surface area contributed by atoms with Gasteiger partial charge >= 0.3 is 12.2 Å². The van der Waals surface area contributed by atoms with Crippen LogP contribution in [0.1, 0.15) is 10.4 Å². The van der Waals surface area contributed by atoms with E-state index in [1.165, 1.54) is 16.4 Å². The van der Waals surface area contributed by atoms with E-state index in [0.29, 0.717) is 16.3 Å². The van der Waals surface area contributed by atoms with E-state index in [-0.39, 0.29) is 42.9 Å². The number of rotatable bonds is 4. The number of nitrogens with one attached hydrogen (secondary N) is 2. The molecule has 0 radical (unpaired) electrons. The molecule has 0 aromatic heterocycles. The van der Waals surface area contributed by atoms with E-state index in [0.717, 1.165) is 25.0 Å². The average Bonchev–Trinajstić information content (AvgIpc) is 2.96. The highest BCUT2D eigenvalue weighted by Crippen LogP contribution is 2.25. The van der Waals surface area contributed by atoms with E-state index in [4.69, 9.17) is 11.6 Å². The number of hydrogen-bond acceptors (Lipinski definition) is 8. The summed E-state index contributed by atoms with van der Waals surface area (Å²) >= 11 is 6.02. The van der Waals surface area contributed by atoms with E-state index in [2.05, 4.69) is 25.1 Å². The molecule has 12 nitrogen and oxygen atoms in total. The molecule has 0 bridgehead atoms. The molecule has 0 aliphatic carbocycles. The van der Waals surface area contributed by atoms with Gasteiger partial charge in [0.25, 0.3) is 5.91 Å². The summed E-state index contributed by atoms with van der Waals surface area (Å²) in [4.78, 5) is 42.0. The van der Waals surface area contributed by atoms with Crippen molar-refractivity contribution in [3.63, 3.8) is 0 Å². The summed E-state index contributed by atoms with van der Waals surface area (Å²) in [6, 6.07) is 16.3. The number of methoxy groups -OCH3 is 2. The number of amides is 3. The molecule has 1 aliphatic rings. The van der Waals surface area contributed by atoms with Gasteiger partial charge in [0.05, 0.1) is 24.8 Å². The van der Waals surface area contributed by atoms with Gasteiger partial charge in [-0.2, -0.15) is 4.31 Å². The molecule has 0 spiro atoms. The Morgan fingerprint density at radius 1 is 0.825 bits per heavy atom. The molecule has 2 N–H and O–H groups in total. The second kappa shape index (κ2) is 12.3. The van der Waals surface area contributed by atoms with Gasteiger partial charge in [0.2, 0.25) is 16.0 Å². The molecule has 0 unspecified atom stereocenters. The molecule has 1 saturated heterocycles. The summed E-state index contributed by atoms with van der Waals surface area (Å²) in [6.45, 7) is 0.739. The standard InChI is InChI=1S/C26H26ClN5O7S/c1-38-25(34)29-24(30-26(35)39-2)28-21-8-4-17(5-9-21)23(33)31-11-13-32(14-12-31)40(36,37)22-10-6-18-15-20(27)7-3-19(18)16-22/h3-10,15-16H,11-14H2,1-2H3,(H2,28,29,30,34,35). The Morgan fingerprint density at radius 3 is 2.00 bits per heavy atom. The molecule has 3 aromatic rings. The number of piperazine rings is 1. The maximum absolute atomic E-state index is 13.3. The van der Waals surface area contributed by atoms with Crippen LogP contribution in [0.5, 0.6) is 0 Å². The number of halogens is 1. The second-order valence-corrected chi connectivity index (χ2v) is 11.0. The van der Waals surface area contributed by atoms with Crippen molar-refractivity contribution in [2.24, 2.45) is 4.99 Å². The lowest BCUT2D eigenvalue weighted by Gasteiger charge is -2.34. The summed E-state index contributed by atoms with van der Waals surface area (Å²) in [5, 5.41) is 6.68. The first-order valence-electron chi connectivity index (χ1n) is 12.0. The Balaban J connectivity index is 1.41. The van der Waals surface area contributed by atoms with E-state index < -0.39 is 22.2 Å². The maximum atomic E-state index is 13.3. The Kier molecular flexibility index (Phi) is 8.87. The molecule has 0 saturated carbocycles. The quantitative estimate of drug-likeness (QED) is 0.351. The predicted molar refractivity (Wildman–Crippen MR) is 148 cm³/mol. The smallest absolute Gasteiger partial charge is 0.413 e. The number of benzene rings is 3. The Bertz CT molecular complexity index is 1550. The first-order chi connectivity index (χ1) is 19.1. The van der Waals surface area contributed by atoms with Gasteiger partial charge in [-0.3, -0.25) is 15.4 Å². The number of nitrogens with zero attached hydrogens (tertiary/aromatic N) is 3. The topological polar surface area (TPSA) is 147 Å². The van der Waals surface area contributed by atoms with Crippen LogP contribution in [0.2, 0.25) is 5.02 Å². The maximum Gasteiger partial charge on any atom is 0.413 e. The molecule has 1 fully saturated rings. The van der Waals surface area contributed by atoms with Gasteiger partial charge in [0.1, 0.15) is 0 Å². The second-order valence-electron chi connectivity index (χ2n) is 8.59. The SMILES string of the molecule is COC(=O)NC(=Nc1ccc(C(=O)N2CCN(S(=O)(=O)c3ccc4cc(Cl)ccc4c3)CC2)cc1)NC(=O)OC. The van der Waals surface area contributed by atoms with Crippen LogP contribution in [0, 0.1) is 0 Å². The molecule has 1 heterocycles. The van der Waals surface area contributed by atoms with Gasteiger partial charge in [-0.15, -0.1) is 0 Å². The lowest BCUT2D eigenvalue weighted by Crippen LogP contribution is -2.50. The van der Waals surface area contributed by atoms with Gasteiger partial charge < -0.3 is 14.4 Å². The number of hydrogen-bond donors (Lipinski definition) is 2. The fraction of sp³-hybridized carbons (Fsp3) is 0.231. The molecule has 0 atom stereocenters. The van der Waals surface area contributed by atoms with Crippen molar-refractivity contribution < 1.29 is 32.3 Å². The molecular weight excluding hydrogens is 562 g/mol. The zero-order valence-corrected chi connectivity index (χ0v) is 23.2. The molecule has 3 aromatic carbocycles. The van der Waals surface area contributed by atoms with Crippen LogP contribution in [0.25, 0.3) is 10.8 Å². The monoisotopic (exact) mass is 587 g/mol. The van der Waals surface area contributed by atoms with Crippen LogP contribution in [0.3, 0.4) is 0 Å². The van der Waals surface area contributed by atoms with Gasteiger partial charge in [0, 0.05) is 36.8 Å². The van der Waals surface area contributed by atoms with E-state index in [9.17, 15) is 22.8 Å². The highest BCUT2D eigenvalue weighted by Gasteiger charge is 2.30. The summed E-state index contributed by atoms with van der Waals surface area (Å²) in [5.74, 6) is -0.499. The third-order valence-corrected chi connectivity index (χ3v) is 8.23. The molecule has 1 aliphatic heterocycles. The summed E-state index contributed by atoms with van der Waals surface area (Å²) in [6.07, 6.45) is -1.71. The van der Waals surface area contributed by atoms with Gasteiger partial charge in [-0.05, 0) is 59.3 Å². The largest absolute Gasteiger partial charge is 0.453 e. The zero-order chi connectivity index (χ0) is 28.9. The number of alkyl carbamates (subject to hydrolysis) is 2. The van der Waals surface area contributed by atoms with E-state index in [1.54, 1.807) is 53.4 Å². The Labute approximate surface area is 235 Å². The van der Waals surface area contributed by atoms with Crippen molar-refractivity contribution in [3.8, 4) is 0 Å². The van der Waals surface area contributed by atoms with Crippen LogP contribution in [0.4, 0.5) is 15.3 Å². The zero-order valence-electron chi connectivity index (χ0n) is 21.6.